The van der Waals surface area contributed by atoms with Crippen molar-refractivity contribution in [1.82, 2.24) is 90.5 Å². The number of Topliss-reactive ketones (excluding diaryl/α,β-unsaturated/α-hetero) is 2. The molecule has 28 nitrogen and oxygen atoms in total. The van der Waals surface area contributed by atoms with E-state index < -0.39 is 0 Å². The lowest BCUT2D eigenvalue weighted by Gasteiger charge is -2.29. The number of imide groups is 1. The maximum Gasteiger partial charge on any atom is 0.241 e. The fraction of sp³-hybridized carbons (Fsp3) is 0.608. The first-order chi connectivity index (χ1) is 62.0. The highest BCUT2D eigenvalue weighted by Gasteiger charge is 2.42. The molecule has 3 aliphatic heterocycles. The molecule has 0 bridgehead atoms. The summed E-state index contributed by atoms with van der Waals surface area (Å²) in [6.45, 7) is 51.4. The van der Waals surface area contributed by atoms with Crippen molar-refractivity contribution >= 4 is 46.6 Å². The molecule has 1 fully saturated rings. The summed E-state index contributed by atoms with van der Waals surface area (Å²) >= 11 is 0. The van der Waals surface area contributed by atoms with Gasteiger partial charge >= 0.3 is 0 Å². The van der Waals surface area contributed by atoms with E-state index in [4.69, 9.17) is 9.47 Å². The van der Waals surface area contributed by atoms with Crippen LogP contribution in [-0.2, 0) is 70.6 Å². The zero-order chi connectivity index (χ0) is 94.5. The zero-order valence-corrected chi connectivity index (χ0v) is 82.3. The van der Waals surface area contributed by atoms with Crippen molar-refractivity contribution in [3.63, 3.8) is 0 Å². The standard InChI is InChI=1S/2C23H27N5O.2C16H27N3O2.C14H25N3.C10H17NO2/c1-15(2)24-13-21(29)27-14-17-9-5-6-10-18(17)23-22(25-26-28(23)16(3)4)19-11-7-8-12-20(19)27;1-15(2)24-13-21(29)27-14-17-9-5-6-10-18(17)22-23(28(16(3)4)26-25-22)19-11-7-8-12-20(19)27;1-11(2)14(20)10-21-15-9-7-5-6-8-13-16(15)17-18-19(13)12(3)4;1-11(2)14(20)10-21-15-9-7-5-6-8-13-16(15)19(12(3)4)18-17-13;1-10(2)12-8-6-5-7-9-13-14(12)17(11(3)4)16-15-13;1-6(2)8-5-9(12)11(7(3)4)10(8)13/h2*5-12,15-16,24H,13-14H2,1-4H3;2*11-12,15H,5-10H2,1-4H3;10-12H,5-9H2,1-4H3;6-8H,5H2,1-4H3. The number of likely N-dealkylation sites (tertiary alicyclic amines) is 1. The largest absolute Gasteiger partial charge is 0.364 e. The van der Waals surface area contributed by atoms with Crippen LogP contribution in [0.15, 0.2) is 97.1 Å². The van der Waals surface area contributed by atoms with Gasteiger partial charge in [0.15, 0.2) is 11.6 Å². The molecular formula is C102H150N20O8. The van der Waals surface area contributed by atoms with Crippen molar-refractivity contribution in [2.24, 2.45) is 29.6 Å². The van der Waals surface area contributed by atoms with Crippen LogP contribution in [0.2, 0.25) is 0 Å². The first-order valence-corrected chi connectivity index (χ1v) is 48.3. The number of anilines is 2. The van der Waals surface area contributed by atoms with E-state index in [0.717, 1.165) is 136 Å². The van der Waals surface area contributed by atoms with Gasteiger partial charge in [0.25, 0.3) is 0 Å². The van der Waals surface area contributed by atoms with Gasteiger partial charge in [0.2, 0.25) is 23.6 Å². The number of ether oxygens (including phenoxy) is 2. The Bertz CT molecular complexity index is 5190. The molecule has 3 aliphatic carbocycles. The number of hydrogen-bond donors (Lipinski definition) is 2. The number of aryl methyl sites for hydroxylation is 2. The molecule has 28 heteroatoms. The molecule has 2 N–H and O–H groups in total. The van der Waals surface area contributed by atoms with E-state index >= 15 is 0 Å². The van der Waals surface area contributed by atoms with Gasteiger partial charge in [-0.25, -0.2) is 23.4 Å². The van der Waals surface area contributed by atoms with Gasteiger partial charge in [-0.3, -0.25) is 33.7 Å². The van der Waals surface area contributed by atoms with Gasteiger partial charge in [0.1, 0.15) is 42.5 Å². The van der Waals surface area contributed by atoms with E-state index in [2.05, 4.69) is 180 Å². The minimum absolute atomic E-state index is 0.00347. The molecule has 0 saturated carbocycles. The maximum absolute atomic E-state index is 13.2. The summed E-state index contributed by atoms with van der Waals surface area (Å²) in [6, 6.07) is 34.2. The minimum Gasteiger partial charge on any atom is -0.364 e. The summed E-state index contributed by atoms with van der Waals surface area (Å²) in [6.07, 6.45) is 17.4. The predicted molar refractivity (Wildman–Crippen MR) is 514 cm³/mol. The molecule has 4 aromatic carbocycles. The highest BCUT2D eigenvalue weighted by Crippen LogP contribution is 2.45. The molecule has 4 amide bonds. The molecular weight excluding hydrogens is 1630 g/mol. The molecule has 8 heterocycles. The summed E-state index contributed by atoms with van der Waals surface area (Å²) in [5, 5.41) is 50.6. The van der Waals surface area contributed by atoms with Gasteiger partial charge in [0, 0.05) is 101 Å². The number of aromatic nitrogens is 15. The lowest BCUT2D eigenvalue weighted by molar-refractivity contribution is -0.141. The Balaban J connectivity index is 0.000000165. The Hall–Kier alpha value is -10.2. The van der Waals surface area contributed by atoms with Crippen molar-refractivity contribution in [1.29, 1.82) is 0 Å². The normalized spacial score (nSPS) is 17.2. The summed E-state index contributed by atoms with van der Waals surface area (Å²) < 4.78 is 21.9. The number of nitrogens with zero attached hydrogens (tertiary/aromatic N) is 18. The second kappa shape index (κ2) is 47.8. The zero-order valence-electron chi connectivity index (χ0n) is 82.3. The van der Waals surface area contributed by atoms with Crippen LogP contribution >= 0.6 is 0 Å². The molecule has 15 rings (SSSR count). The molecule has 4 unspecified atom stereocenters. The first kappa shape index (κ1) is 102. The highest BCUT2D eigenvalue weighted by molar-refractivity contribution is 6.04. The second-order valence-electron chi connectivity index (χ2n) is 39.1. The number of rotatable bonds is 22. The van der Waals surface area contributed by atoms with Crippen LogP contribution < -0.4 is 20.4 Å². The Morgan fingerprint density at radius 3 is 1.27 bits per heavy atom. The number of amides is 4. The number of carbonyl (C=O) groups is 6. The number of ketones is 2. The topological polar surface area (TPSA) is 308 Å². The van der Waals surface area contributed by atoms with E-state index in [1.807, 2.05) is 178 Å². The van der Waals surface area contributed by atoms with Crippen LogP contribution in [0.1, 0.15) is 343 Å². The quantitative estimate of drug-likeness (QED) is 0.0596. The van der Waals surface area contributed by atoms with Gasteiger partial charge in [-0.1, -0.05) is 233 Å². The Kier molecular flexibility index (Phi) is 37.5. The van der Waals surface area contributed by atoms with Crippen molar-refractivity contribution in [2.45, 2.75) is 348 Å². The first-order valence-electron chi connectivity index (χ1n) is 48.3. The van der Waals surface area contributed by atoms with Gasteiger partial charge in [-0.2, -0.15) is 0 Å². The maximum atomic E-state index is 13.2. The van der Waals surface area contributed by atoms with Gasteiger partial charge < -0.3 is 29.9 Å². The van der Waals surface area contributed by atoms with Crippen LogP contribution in [0, 0.1) is 29.6 Å². The predicted octanol–water partition coefficient (Wildman–Crippen LogP) is 19.7. The van der Waals surface area contributed by atoms with Crippen molar-refractivity contribution in [3.05, 3.63) is 142 Å². The summed E-state index contributed by atoms with van der Waals surface area (Å²) in [4.78, 5) is 78.4. The molecule has 0 spiro atoms. The number of hydrogen-bond acceptors (Lipinski definition) is 20. The fourth-order valence-electron chi connectivity index (χ4n) is 17.5. The van der Waals surface area contributed by atoms with Gasteiger partial charge in [-0.15, -0.1) is 25.5 Å². The van der Waals surface area contributed by atoms with E-state index in [9.17, 15) is 28.8 Å². The number of carbonyl (C=O) groups excluding carboxylic acids is 6. The molecule has 9 aromatic rings. The third kappa shape index (κ3) is 25.6. The molecule has 1 saturated heterocycles. The fourth-order valence-corrected chi connectivity index (χ4v) is 17.5. The molecule has 706 valence electrons. The smallest absolute Gasteiger partial charge is 0.241 e. The molecule has 6 aliphatic rings. The third-order valence-corrected chi connectivity index (χ3v) is 24.9. The third-order valence-electron chi connectivity index (χ3n) is 24.9. The number of benzene rings is 4. The van der Waals surface area contributed by atoms with Crippen LogP contribution in [0.4, 0.5) is 11.4 Å². The average Bonchev–Trinajstić information content (AvgIpc) is 1.55. The average molecular weight is 1780 g/mol. The number of nitrogens with one attached hydrogen (secondary N) is 2. The SMILES string of the molecule is CC(C)C(=O)COC1CCCCCc2c1nnn2C(C)C.CC(C)C(=O)COC1CCCCCc2nnn(C(C)C)c21.CC(C)C1CC(=O)N(C(C)C)C1=O.CC(C)C1CCCCCc2nnn(C(C)C)c21.CC(C)NCC(=O)N1Cc2ccccc2-c2c(nnn2C(C)C)-c2ccccc21.CC(C)NCC(=O)N1Cc2ccccc2-c2nnn(C(C)C)c2-c2ccccc21. The molecule has 4 atom stereocenters. The van der Waals surface area contributed by atoms with Crippen molar-refractivity contribution in [2.75, 3.05) is 36.1 Å². The Labute approximate surface area is 772 Å². The number of fused-ring (bicyclic) bond motifs is 13. The van der Waals surface area contributed by atoms with Crippen LogP contribution in [0.25, 0.3) is 45.0 Å². The molecule has 5 aromatic heterocycles. The molecule has 0 radical (unpaired) electrons. The van der Waals surface area contributed by atoms with E-state index in [1.165, 1.54) is 66.9 Å². The Morgan fingerprint density at radius 1 is 0.392 bits per heavy atom. The van der Waals surface area contributed by atoms with Gasteiger partial charge in [0.05, 0.1) is 77.4 Å². The van der Waals surface area contributed by atoms with Crippen LogP contribution in [0.5, 0.6) is 0 Å². The van der Waals surface area contributed by atoms with Crippen molar-refractivity contribution < 1.29 is 38.2 Å². The monoisotopic (exact) mass is 1780 g/mol. The highest BCUT2D eigenvalue weighted by atomic mass is 16.5. The summed E-state index contributed by atoms with van der Waals surface area (Å²) in [5.74, 6) is 1.93. The summed E-state index contributed by atoms with van der Waals surface area (Å²) in [5.41, 5.74) is 18.5. The van der Waals surface area contributed by atoms with E-state index in [-0.39, 0.29) is 121 Å². The second-order valence-corrected chi connectivity index (χ2v) is 39.1. The molecule has 130 heavy (non-hydrogen) atoms. The lowest BCUT2D eigenvalue weighted by atomic mass is 9.83. The summed E-state index contributed by atoms with van der Waals surface area (Å²) in [7, 11) is 0. The van der Waals surface area contributed by atoms with Crippen molar-refractivity contribution in [3.8, 4) is 45.0 Å². The van der Waals surface area contributed by atoms with Crippen LogP contribution in [0.3, 0.4) is 0 Å². The minimum atomic E-state index is -0.0881. The van der Waals surface area contributed by atoms with Gasteiger partial charge in [-0.05, 0) is 176 Å². The van der Waals surface area contributed by atoms with E-state index in [0.29, 0.717) is 56.5 Å². The van der Waals surface area contributed by atoms with Crippen LogP contribution in [-0.4, -0.2) is 159 Å². The number of para-hydroxylation sites is 2. The lowest BCUT2D eigenvalue weighted by Crippen LogP contribution is -2.40. The Morgan fingerprint density at radius 2 is 0.792 bits per heavy atom. The van der Waals surface area contributed by atoms with E-state index in [1.54, 1.807) is 0 Å².